The number of halogens is 2. The number of nitrogens with one attached hydrogen (secondary N) is 1. The molecule has 0 aromatic heterocycles. The molecule has 1 amide bonds. The summed E-state index contributed by atoms with van der Waals surface area (Å²) in [5.41, 5.74) is -0.0607. The first-order valence-electron chi connectivity index (χ1n) is 5.65. The largest absolute Gasteiger partial charge is 0.508 e. The predicted octanol–water partition coefficient (Wildman–Crippen LogP) is 1.83. The molecule has 1 saturated heterocycles. The Morgan fingerprint density at radius 2 is 1.90 bits per heavy atom. The maximum absolute atomic E-state index is 13.9. The highest BCUT2D eigenvalue weighted by molar-refractivity contribution is 5.70. The van der Waals surface area contributed by atoms with Crippen LogP contribution in [0.4, 0.5) is 13.6 Å². The zero-order valence-corrected chi connectivity index (χ0v) is 10.8. The van der Waals surface area contributed by atoms with Crippen molar-refractivity contribution >= 4 is 6.09 Å². The highest BCUT2D eigenvalue weighted by Gasteiger charge is 2.49. The standard InChI is InChI=1S/C12H13F2NO5/c1-18-7-3-6(16)4-8(19-2)9(7)10-12(13,14)5-20-11(17)15-10/h3-4,10,16H,5H2,1-2H3,(H,15,17)/t10-/m0/s1. The number of aromatic hydroxyl groups is 1. The van der Waals surface area contributed by atoms with Crippen molar-refractivity contribution in [1.29, 1.82) is 0 Å². The van der Waals surface area contributed by atoms with Crippen molar-refractivity contribution < 1.29 is 32.9 Å². The fourth-order valence-electron chi connectivity index (χ4n) is 2.00. The lowest BCUT2D eigenvalue weighted by Crippen LogP contribution is -2.49. The van der Waals surface area contributed by atoms with Crippen LogP contribution in [0.5, 0.6) is 17.2 Å². The average Bonchev–Trinajstić information content (AvgIpc) is 2.40. The van der Waals surface area contributed by atoms with Crippen LogP contribution in [0, 0.1) is 0 Å². The van der Waals surface area contributed by atoms with E-state index >= 15 is 0 Å². The number of carbonyl (C=O) groups excluding carboxylic acids is 1. The Bertz CT molecular complexity index is 510. The molecule has 1 heterocycles. The Labute approximate surface area is 113 Å². The maximum Gasteiger partial charge on any atom is 0.408 e. The Kier molecular flexibility index (Phi) is 3.56. The van der Waals surface area contributed by atoms with E-state index < -0.39 is 24.7 Å². The van der Waals surface area contributed by atoms with Gasteiger partial charge in [-0.05, 0) is 0 Å². The van der Waals surface area contributed by atoms with Gasteiger partial charge in [0.25, 0.3) is 0 Å². The number of cyclic esters (lactones) is 1. The van der Waals surface area contributed by atoms with Crippen molar-refractivity contribution in [2.45, 2.75) is 12.0 Å². The van der Waals surface area contributed by atoms with Gasteiger partial charge in [0, 0.05) is 12.1 Å². The summed E-state index contributed by atoms with van der Waals surface area (Å²) < 4.78 is 42.2. The van der Waals surface area contributed by atoms with Gasteiger partial charge in [-0.3, -0.25) is 0 Å². The van der Waals surface area contributed by atoms with E-state index in [1.54, 1.807) is 0 Å². The zero-order valence-electron chi connectivity index (χ0n) is 10.8. The Morgan fingerprint density at radius 3 is 2.40 bits per heavy atom. The van der Waals surface area contributed by atoms with Crippen LogP contribution in [0.25, 0.3) is 0 Å². The highest BCUT2D eigenvalue weighted by Crippen LogP contribution is 2.44. The SMILES string of the molecule is COc1cc(O)cc(OC)c1[C@@H]1NC(=O)OCC1(F)F. The first-order valence-corrected chi connectivity index (χ1v) is 5.65. The van der Waals surface area contributed by atoms with E-state index in [0.717, 1.165) is 12.1 Å². The summed E-state index contributed by atoms with van der Waals surface area (Å²) in [5, 5.41) is 11.5. The summed E-state index contributed by atoms with van der Waals surface area (Å²) >= 11 is 0. The number of phenolic OH excluding ortho intramolecular Hbond substituents is 1. The number of hydrogen-bond donors (Lipinski definition) is 2. The van der Waals surface area contributed by atoms with Gasteiger partial charge in [-0.2, -0.15) is 0 Å². The topological polar surface area (TPSA) is 77.0 Å². The van der Waals surface area contributed by atoms with Crippen LogP contribution >= 0.6 is 0 Å². The van der Waals surface area contributed by atoms with Crippen LogP contribution in [-0.4, -0.2) is 37.9 Å². The fraction of sp³-hybridized carbons (Fsp3) is 0.417. The third-order valence-electron chi connectivity index (χ3n) is 2.90. The molecule has 0 bridgehead atoms. The van der Waals surface area contributed by atoms with Crippen molar-refractivity contribution in [3.05, 3.63) is 17.7 Å². The van der Waals surface area contributed by atoms with Crippen LogP contribution in [0.1, 0.15) is 11.6 Å². The molecule has 1 aliphatic heterocycles. The van der Waals surface area contributed by atoms with E-state index in [2.05, 4.69) is 4.74 Å². The molecule has 1 aromatic carbocycles. The number of carbonyl (C=O) groups is 1. The number of amides is 1. The molecule has 2 rings (SSSR count). The fourth-order valence-corrected chi connectivity index (χ4v) is 2.00. The van der Waals surface area contributed by atoms with E-state index in [-0.39, 0.29) is 22.8 Å². The molecule has 1 aromatic rings. The zero-order chi connectivity index (χ0) is 14.9. The van der Waals surface area contributed by atoms with Gasteiger partial charge in [0.1, 0.15) is 23.3 Å². The second-order valence-corrected chi connectivity index (χ2v) is 4.18. The summed E-state index contributed by atoms with van der Waals surface area (Å²) in [6, 6.07) is 0.653. The summed E-state index contributed by atoms with van der Waals surface area (Å²) in [7, 11) is 2.52. The Balaban J connectivity index is 2.57. The molecular formula is C12H13F2NO5. The maximum atomic E-state index is 13.9. The second-order valence-electron chi connectivity index (χ2n) is 4.18. The van der Waals surface area contributed by atoms with Crippen molar-refractivity contribution in [1.82, 2.24) is 5.32 Å². The minimum absolute atomic E-state index is 0.0197. The monoisotopic (exact) mass is 289 g/mol. The molecule has 20 heavy (non-hydrogen) atoms. The molecule has 1 aliphatic rings. The van der Waals surface area contributed by atoms with Gasteiger partial charge in [-0.15, -0.1) is 0 Å². The molecule has 8 heteroatoms. The number of alkyl halides is 2. The van der Waals surface area contributed by atoms with Crippen LogP contribution < -0.4 is 14.8 Å². The molecule has 0 aliphatic carbocycles. The molecule has 0 radical (unpaired) electrons. The van der Waals surface area contributed by atoms with E-state index in [0.29, 0.717) is 0 Å². The number of alkyl carbamates (subject to hydrolysis) is 1. The van der Waals surface area contributed by atoms with Crippen LogP contribution in [0.3, 0.4) is 0 Å². The number of rotatable bonds is 3. The molecule has 1 atom stereocenters. The lowest BCUT2D eigenvalue weighted by atomic mass is 9.97. The van der Waals surface area contributed by atoms with Crippen molar-refractivity contribution in [3.63, 3.8) is 0 Å². The molecular weight excluding hydrogens is 276 g/mol. The predicted molar refractivity (Wildman–Crippen MR) is 63.4 cm³/mol. The normalized spacial score (nSPS) is 20.8. The van der Waals surface area contributed by atoms with E-state index in [1.807, 2.05) is 5.32 Å². The van der Waals surface area contributed by atoms with Crippen molar-refractivity contribution in [2.75, 3.05) is 20.8 Å². The van der Waals surface area contributed by atoms with Gasteiger partial charge in [0.2, 0.25) is 0 Å². The minimum atomic E-state index is -3.34. The smallest absolute Gasteiger partial charge is 0.408 e. The number of phenols is 1. The van der Waals surface area contributed by atoms with Gasteiger partial charge in [0.05, 0.1) is 19.8 Å². The third-order valence-corrected chi connectivity index (χ3v) is 2.90. The lowest BCUT2D eigenvalue weighted by molar-refractivity contribution is -0.105. The van der Waals surface area contributed by atoms with Crippen molar-refractivity contribution in [3.8, 4) is 17.2 Å². The van der Waals surface area contributed by atoms with Gasteiger partial charge in [-0.1, -0.05) is 0 Å². The minimum Gasteiger partial charge on any atom is -0.508 e. The number of methoxy groups -OCH3 is 2. The highest BCUT2D eigenvalue weighted by atomic mass is 19.3. The summed E-state index contributed by atoms with van der Waals surface area (Å²) in [6.45, 7) is -1.04. The van der Waals surface area contributed by atoms with Crippen LogP contribution in [-0.2, 0) is 4.74 Å². The van der Waals surface area contributed by atoms with Gasteiger partial charge >= 0.3 is 12.0 Å². The van der Waals surface area contributed by atoms with Crippen molar-refractivity contribution in [2.24, 2.45) is 0 Å². The third kappa shape index (κ3) is 2.40. The molecule has 1 fully saturated rings. The Morgan fingerprint density at radius 1 is 1.35 bits per heavy atom. The molecule has 6 nitrogen and oxygen atoms in total. The summed E-state index contributed by atoms with van der Waals surface area (Å²) in [5.74, 6) is -3.59. The summed E-state index contributed by atoms with van der Waals surface area (Å²) in [4.78, 5) is 11.2. The lowest BCUT2D eigenvalue weighted by Gasteiger charge is -2.33. The second kappa shape index (κ2) is 5.03. The molecule has 0 unspecified atom stereocenters. The molecule has 2 N–H and O–H groups in total. The van der Waals surface area contributed by atoms with Crippen LogP contribution in [0.2, 0.25) is 0 Å². The number of benzene rings is 1. The van der Waals surface area contributed by atoms with E-state index in [9.17, 15) is 18.7 Å². The van der Waals surface area contributed by atoms with Gasteiger partial charge in [0.15, 0.2) is 6.61 Å². The van der Waals surface area contributed by atoms with Gasteiger partial charge < -0.3 is 24.6 Å². The molecule has 0 spiro atoms. The van der Waals surface area contributed by atoms with Crippen LogP contribution in [0.15, 0.2) is 12.1 Å². The molecule has 0 saturated carbocycles. The average molecular weight is 289 g/mol. The number of ether oxygens (including phenoxy) is 3. The van der Waals surface area contributed by atoms with E-state index in [1.165, 1.54) is 14.2 Å². The molecule has 110 valence electrons. The Hall–Kier alpha value is -2.25. The van der Waals surface area contributed by atoms with E-state index in [4.69, 9.17) is 9.47 Å². The summed E-state index contributed by atoms with van der Waals surface area (Å²) in [6.07, 6.45) is -0.960. The first-order chi connectivity index (χ1) is 9.39. The quantitative estimate of drug-likeness (QED) is 0.887. The first kappa shape index (κ1) is 14.2. The number of hydrogen-bond acceptors (Lipinski definition) is 5. The van der Waals surface area contributed by atoms with Gasteiger partial charge in [-0.25, -0.2) is 13.6 Å².